The molecular weight excluding hydrogens is 830 g/mol. The maximum absolute atomic E-state index is 12.7. The summed E-state index contributed by atoms with van der Waals surface area (Å²) in [7, 11) is -4.29. The summed E-state index contributed by atoms with van der Waals surface area (Å²) in [5, 5.41) is 0. The first-order valence-corrected chi connectivity index (χ1v) is 28.4. The highest BCUT2D eigenvalue weighted by Crippen LogP contribution is 2.43. The van der Waals surface area contributed by atoms with E-state index in [1.807, 2.05) is 0 Å². The highest BCUT2D eigenvalue weighted by Gasteiger charge is 2.25. The van der Waals surface area contributed by atoms with E-state index >= 15 is 0 Å². The molecule has 0 amide bonds. The summed E-state index contributed by atoms with van der Waals surface area (Å²) in [5.41, 5.74) is 5.39. The van der Waals surface area contributed by atoms with E-state index in [1.54, 1.807) is 0 Å². The maximum Gasteiger partial charge on any atom is 0.472 e. The molecule has 0 aromatic heterocycles. The molecule has 2 atom stereocenters. The van der Waals surface area contributed by atoms with Crippen LogP contribution in [-0.4, -0.2) is 49.9 Å². The number of ether oxygens (including phenoxy) is 2. The van der Waals surface area contributed by atoms with Gasteiger partial charge in [-0.2, -0.15) is 0 Å². The number of unbranched alkanes of at least 4 members (excludes halogenated alkanes) is 26. The molecule has 0 saturated carbocycles. The Balaban J connectivity index is 3.97. The molecule has 0 aromatic carbocycles. The van der Waals surface area contributed by atoms with Crippen LogP contribution in [-0.2, 0) is 27.9 Å². The maximum atomic E-state index is 12.7. The van der Waals surface area contributed by atoms with Gasteiger partial charge in [-0.15, -0.1) is 0 Å². The molecule has 65 heavy (non-hydrogen) atoms. The van der Waals surface area contributed by atoms with Crippen LogP contribution in [0.5, 0.6) is 0 Å². The highest BCUT2D eigenvalue weighted by molar-refractivity contribution is 7.47. The quantitative estimate of drug-likeness (QED) is 0.0268. The van der Waals surface area contributed by atoms with Gasteiger partial charge >= 0.3 is 13.8 Å². The van der Waals surface area contributed by atoms with Gasteiger partial charge in [-0.25, -0.2) is 4.57 Å². The monoisotopic (exact) mass is 932 g/mol. The van der Waals surface area contributed by atoms with E-state index in [4.69, 9.17) is 24.3 Å². The summed E-state index contributed by atoms with van der Waals surface area (Å²) >= 11 is 0. The molecule has 0 bridgehead atoms. The molecule has 0 aliphatic carbocycles. The fourth-order valence-electron chi connectivity index (χ4n) is 7.47. The first-order valence-electron chi connectivity index (χ1n) is 26.9. The fraction of sp³-hybridized carbons (Fsp3) is 0.768. The van der Waals surface area contributed by atoms with Crippen molar-refractivity contribution < 1.29 is 32.8 Å². The molecule has 8 nitrogen and oxygen atoms in total. The van der Waals surface area contributed by atoms with Crippen molar-refractivity contribution in [1.29, 1.82) is 0 Å². The lowest BCUT2D eigenvalue weighted by Crippen LogP contribution is -2.28. The first-order chi connectivity index (χ1) is 31.9. The number of hydrogen-bond donors (Lipinski definition) is 2. The minimum Gasteiger partial charge on any atom is -0.457 e. The van der Waals surface area contributed by atoms with Gasteiger partial charge in [-0.05, 0) is 64.2 Å². The van der Waals surface area contributed by atoms with E-state index in [2.05, 4.69) is 86.8 Å². The van der Waals surface area contributed by atoms with Crippen molar-refractivity contribution in [3.05, 3.63) is 72.9 Å². The van der Waals surface area contributed by atoms with Crippen LogP contribution < -0.4 is 5.73 Å². The van der Waals surface area contributed by atoms with Crippen molar-refractivity contribution in [2.75, 3.05) is 33.0 Å². The number of rotatable bonds is 51. The number of allylic oxidation sites excluding steroid dienone is 12. The Morgan fingerprint density at radius 2 is 0.862 bits per heavy atom. The molecule has 0 fully saturated rings. The predicted molar refractivity (Wildman–Crippen MR) is 279 cm³/mol. The molecular formula is C56H102NO7P. The molecule has 0 aliphatic heterocycles. The zero-order valence-electron chi connectivity index (χ0n) is 42.2. The molecule has 9 heteroatoms. The number of phosphoric ester groups is 1. The number of phosphoric acid groups is 1. The molecule has 0 radical (unpaired) electrons. The lowest BCUT2D eigenvalue weighted by Gasteiger charge is -2.20. The summed E-state index contributed by atoms with van der Waals surface area (Å²) in [6.45, 7) is 4.79. The third-order valence-electron chi connectivity index (χ3n) is 11.4. The SMILES string of the molecule is CC/C=C\C/C=C\C/C=C\C/C=C\C/C=C\C/C=C\CCCCCCCOCC(COP(=O)(O)OCCN)OC(=O)CCCCCCCCCCCCCCCCCCCCCCCC. The third-order valence-corrected chi connectivity index (χ3v) is 12.4. The van der Waals surface area contributed by atoms with Crippen molar-refractivity contribution in [3.8, 4) is 0 Å². The van der Waals surface area contributed by atoms with Gasteiger partial charge in [-0.3, -0.25) is 13.8 Å². The summed E-state index contributed by atoms with van der Waals surface area (Å²) in [4.78, 5) is 22.6. The molecule has 0 aromatic rings. The van der Waals surface area contributed by atoms with Gasteiger partial charge in [0.15, 0.2) is 0 Å². The van der Waals surface area contributed by atoms with Crippen molar-refractivity contribution in [2.24, 2.45) is 5.73 Å². The van der Waals surface area contributed by atoms with Crippen LogP contribution in [0.2, 0.25) is 0 Å². The number of carbonyl (C=O) groups excluding carboxylic acids is 1. The lowest BCUT2D eigenvalue weighted by atomic mass is 10.0. The average molecular weight is 932 g/mol. The molecule has 378 valence electrons. The zero-order chi connectivity index (χ0) is 47.3. The highest BCUT2D eigenvalue weighted by atomic mass is 31.2. The Hall–Kier alpha value is -2.06. The summed E-state index contributed by atoms with van der Waals surface area (Å²) < 4.78 is 33.6. The predicted octanol–water partition coefficient (Wildman–Crippen LogP) is 17.0. The molecule has 2 unspecified atom stereocenters. The second kappa shape index (κ2) is 52.9. The summed E-state index contributed by atoms with van der Waals surface area (Å²) in [5.74, 6) is -0.335. The molecule has 0 rings (SSSR count). The van der Waals surface area contributed by atoms with E-state index < -0.39 is 13.9 Å². The van der Waals surface area contributed by atoms with E-state index in [0.29, 0.717) is 13.0 Å². The summed E-state index contributed by atoms with van der Waals surface area (Å²) in [6.07, 6.45) is 68.0. The van der Waals surface area contributed by atoms with Crippen LogP contribution >= 0.6 is 7.82 Å². The van der Waals surface area contributed by atoms with E-state index in [0.717, 1.165) is 83.5 Å². The minimum atomic E-state index is -4.29. The van der Waals surface area contributed by atoms with Crippen LogP contribution in [0.15, 0.2) is 72.9 Å². The molecule has 0 aliphatic rings. The van der Waals surface area contributed by atoms with Crippen LogP contribution in [0.4, 0.5) is 0 Å². The van der Waals surface area contributed by atoms with Crippen molar-refractivity contribution >= 4 is 13.8 Å². The Morgan fingerprint density at radius 1 is 0.477 bits per heavy atom. The zero-order valence-corrected chi connectivity index (χ0v) is 43.1. The van der Waals surface area contributed by atoms with Gasteiger partial charge in [0.05, 0.1) is 19.8 Å². The molecule has 3 N–H and O–H groups in total. The standard InChI is InChI=1S/C56H102NO7P/c1-3-5-7-9-11-13-15-17-19-21-23-25-27-28-30-32-34-36-38-40-42-44-46-48-51-61-53-55(54-63-65(59,60)62-52-50-57)64-56(58)49-47-45-43-41-39-37-35-33-31-29-26-24-22-20-18-16-14-12-10-8-6-4-2/h5,7,11,13,17,19,23,25,28,30,34,36,55H,3-4,6,8-10,12,14-16,18,20-22,24,26-27,29,31-33,35,37-54,57H2,1-2H3,(H,59,60)/b7-5-,13-11-,19-17-,25-23-,30-28-,36-34-. The third kappa shape index (κ3) is 52.8. The van der Waals surface area contributed by atoms with Gasteiger partial charge in [0.25, 0.3) is 0 Å². The van der Waals surface area contributed by atoms with Crippen LogP contribution in [0.1, 0.15) is 239 Å². The molecule has 0 saturated heterocycles. The average Bonchev–Trinajstić information content (AvgIpc) is 3.30. The second-order valence-electron chi connectivity index (χ2n) is 17.7. The molecule has 0 spiro atoms. The van der Waals surface area contributed by atoms with E-state index in [1.165, 1.54) is 135 Å². The smallest absolute Gasteiger partial charge is 0.457 e. The van der Waals surface area contributed by atoms with Gasteiger partial charge in [0, 0.05) is 19.6 Å². The van der Waals surface area contributed by atoms with Crippen molar-refractivity contribution in [2.45, 2.75) is 245 Å². The lowest BCUT2D eigenvalue weighted by molar-refractivity contribution is -0.154. The van der Waals surface area contributed by atoms with Crippen molar-refractivity contribution in [3.63, 3.8) is 0 Å². The Labute approximate surface area is 401 Å². The van der Waals surface area contributed by atoms with E-state index in [9.17, 15) is 14.3 Å². The number of esters is 1. The van der Waals surface area contributed by atoms with Crippen LogP contribution in [0, 0.1) is 0 Å². The molecule has 0 heterocycles. The van der Waals surface area contributed by atoms with Crippen LogP contribution in [0.25, 0.3) is 0 Å². The van der Waals surface area contributed by atoms with E-state index in [-0.39, 0.29) is 32.3 Å². The Morgan fingerprint density at radius 3 is 1.29 bits per heavy atom. The fourth-order valence-corrected chi connectivity index (χ4v) is 8.24. The Bertz CT molecular complexity index is 1230. The minimum absolute atomic E-state index is 0.0947. The largest absolute Gasteiger partial charge is 0.472 e. The van der Waals surface area contributed by atoms with Gasteiger partial charge in [0.1, 0.15) is 6.10 Å². The first kappa shape index (κ1) is 62.9. The Kier molecular flexibility index (Phi) is 51.2. The topological polar surface area (TPSA) is 117 Å². The number of nitrogens with two attached hydrogens (primary N) is 1. The second-order valence-corrected chi connectivity index (χ2v) is 19.2. The van der Waals surface area contributed by atoms with Crippen LogP contribution in [0.3, 0.4) is 0 Å². The summed E-state index contributed by atoms with van der Waals surface area (Å²) in [6, 6.07) is 0. The normalized spacial score (nSPS) is 13.8. The van der Waals surface area contributed by atoms with Gasteiger partial charge < -0.3 is 20.1 Å². The van der Waals surface area contributed by atoms with Gasteiger partial charge in [-0.1, -0.05) is 241 Å². The van der Waals surface area contributed by atoms with Crippen molar-refractivity contribution in [1.82, 2.24) is 0 Å². The number of carbonyl (C=O) groups is 1. The number of hydrogen-bond acceptors (Lipinski definition) is 7. The van der Waals surface area contributed by atoms with Gasteiger partial charge in [0.2, 0.25) is 0 Å².